The van der Waals surface area contributed by atoms with Crippen molar-refractivity contribution in [2.75, 3.05) is 44.3 Å². The number of aryl methyl sites for hydroxylation is 1. The van der Waals surface area contributed by atoms with Gasteiger partial charge in [-0.05, 0) is 12.8 Å². The zero-order valence-corrected chi connectivity index (χ0v) is 15.3. The highest BCUT2D eigenvalue weighted by atomic mass is 16.5. The molecule has 0 radical (unpaired) electrons. The molecule has 0 aromatic carbocycles. The van der Waals surface area contributed by atoms with Gasteiger partial charge in [0, 0.05) is 44.2 Å². The van der Waals surface area contributed by atoms with Crippen molar-refractivity contribution >= 4 is 11.9 Å². The summed E-state index contributed by atoms with van der Waals surface area (Å²) in [5.41, 5.74) is 1.32. The Morgan fingerprint density at radius 1 is 1.30 bits per heavy atom. The van der Waals surface area contributed by atoms with E-state index in [4.69, 9.17) is 9.26 Å². The molecule has 4 rings (SSSR count). The second kappa shape index (κ2) is 7.51. The number of nitrogens with one attached hydrogen (secondary N) is 1. The highest BCUT2D eigenvalue weighted by Crippen LogP contribution is 2.27. The van der Waals surface area contributed by atoms with Gasteiger partial charge in [-0.1, -0.05) is 12.1 Å². The van der Waals surface area contributed by atoms with E-state index in [1.165, 1.54) is 6.07 Å². The number of carbonyl (C=O) groups is 1. The van der Waals surface area contributed by atoms with Crippen molar-refractivity contribution in [3.63, 3.8) is 0 Å². The summed E-state index contributed by atoms with van der Waals surface area (Å²) < 4.78 is 10.5. The fourth-order valence-corrected chi connectivity index (χ4v) is 3.52. The number of nitrogens with zero attached hydrogens (tertiary/aromatic N) is 4. The van der Waals surface area contributed by atoms with Gasteiger partial charge in [0.15, 0.2) is 0 Å². The first kappa shape index (κ1) is 17.7. The number of ether oxygens (including phenoxy) is 1. The molecular weight excluding hydrogens is 350 g/mol. The first-order chi connectivity index (χ1) is 13.1. The smallest absolute Gasteiger partial charge is 0.292 e. The molecule has 0 bridgehead atoms. The van der Waals surface area contributed by atoms with Crippen LogP contribution in [0.1, 0.15) is 41.2 Å². The Bertz CT molecular complexity index is 871. The van der Waals surface area contributed by atoms with Crippen LogP contribution < -0.4 is 10.5 Å². The van der Waals surface area contributed by atoms with Crippen LogP contribution >= 0.6 is 0 Å². The molecule has 2 saturated heterocycles. The number of H-pyrrole nitrogens is 1. The Hall–Kier alpha value is -2.68. The SMILES string of the molecule is CCc1cc(C(=O)N2CC[C@H](c3cc(=O)[nH]c(N4CCOCC4)n3)C2)on1. The number of rotatable bonds is 4. The van der Waals surface area contributed by atoms with E-state index in [-0.39, 0.29) is 23.1 Å². The second-order valence-electron chi connectivity index (χ2n) is 6.87. The van der Waals surface area contributed by atoms with Crippen molar-refractivity contribution < 1.29 is 14.1 Å². The number of hydrogen-bond donors (Lipinski definition) is 1. The Kier molecular flexibility index (Phi) is 4.93. The molecule has 0 saturated carbocycles. The average Bonchev–Trinajstić information content (AvgIpc) is 3.37. The molecule has 0 unspecified atom stereocenters. The van der Waals surface area contributed by atoms with Gasteiger partial charge in [-0.3, -0.25) is 14.6 Å². The number of likely N-dealkylation sites (tertiary alicyclic amines) is 1. The van der Waals surface area contributed by atoms with E-state index >= 15 is 0 Å². The molecule has 144 valence electrons. The summed E-state index contributed by atoms with van der Waals surface area (Å²) in [5, 5.41) is 3.88. The van der Waals surface area contributed by atoms with Crippen molar-refractivity contribution in [1.29, 1.82) is 0 Å². The Morgan fingerprint density at radius 2 is 2.11 bits per heavy atom. The summed E-state index contributed by atoms with van der Waals surface area (Å²) in [6.45, 7) is 5.72. The maximum atomic E-state index is 12.6. The number of aromatic nitrogens is 3. The number of amides is 1. The summed E-state index contributed by atoms with van der Waals surface area (Å²) in [6.07, 6.45) is 1.49. The zero-order valence-electron chi connectivity index (χ0n) is 15.3. The Morgan fingerprint density at radius 3 is 2.85 bits per heavy atom. The fourth-order valence-electron chi connectivity index (χ4n) is 3.52. The van der Waals surface area contributed by atoms with Gasteiger partial charge < -0.3 is 19.1 Å². The highest BCUT2D eigenvalue weighted by Gasteiger charge is 2.31. The molecule has 2 aromatic heterocycles. The van der Waals surface area contributed by atoms with Crippen molar-refractivity contribution in [2.45, 2.75) is 25.7 Å². The number of aromatic amines is 1. The zero-order chi connectivity index (χ0) is 18.8. The molecular formula is C18H23N5O4. The molecule has 4 heterocycles. The van der Waals surface area contributed by atoms with Crippen molar-refractivity contribution in [2.24, 2.45) is 0 Å². The topological polar surface area (TPSA) is 105 Å². The van der Waals surface area contributed by atoms with Crippen molar-refractivity contribution in [3.8, 4) is 0 Å². The predicted octanol–water partition coefficient (Wildman–Crippen LogP) is 0.787. The van der Waals surface area contributed by atoms with Gasteiger partial charge in [0.1, 0.15) is 0 Å². The third-order valence-corrected chi connectivity index (χ3v) is 5.09. The summed E-state index contributed by atoms with van der Waals surface area (Å²) in [4.78, 5) is 36.0. The first-order valence-corrected chi connectivity index (χ1v) is 9.33. The molecule has 2 aliphatic heterocycles. The number of anilines is 1. The fraction of sp³-hybridized carbons (Fsp3) is 0.556. The average molecular weight is 373 g/mol. The van der Waals surface area contributed by atoms with Crippen molar-refractivity contribution in [3.05, 3.63) is 39.6 Å². The maximum absolute atomic E-state index is 12.6. The van der Waals surface area contributed by atoms with Crippen LogP contribution in [0.5, 0.6) is 0 Å². The maximum Gasteiger partial charge on any atom is 0.292 e. The minimum Gasteiger partial charge on any atom is -0.378 e. The van der Waals surface area contributed by atoms with Crippen LogP contribution in [0.3, 0.4) is 0 Å². The van der Waals surface area contributed by atoms with E-state index in [1.54, 1.807) is 11.0 Å². The third-order valence-electron chi connectivity index (χ3n) is 5.09. The molecule has 1 N–H and O–H groups in total. The first-order valence-electron chi connectivity index (χ1n) is 9.33. The molecule has 0 spiro atoms. The summed E-state index contributed by atoms with van der Waals surface area (Å²) in [5.74, 6) is 0.710. The van der Waals surface area contributed by atoms with Crippen molar-refractivity contribution in [1.82, 2.24) is 20.0 Å². The van der Waals surface area contributed by atoms with E-state index in [0.717, 1.165) is 24.2 Å². The van der Waals surface area contributed by atoms with Gasteiger partial charge in [0.25, 0.3) is 11.5 Å². The largest absolute Gasteiger partial charge is 0.378 e. The van der Waals surface area contributed by atoms with E-state index in [9.17, 15) is 9.59 Å². The van der Waals surface area contributed by atoms with Gasteiger partial charge in [-0.25, -0.2) is 4.98 Å². The van der Waals surface area contributed by atoms with E-state index in [2.05, 4.69) is 15.1 Å². The predicted molar refractivity (Wildman–Crippen MR) is 97.0 cm³/mol. The van der Waals surface area contributed by atoms with Gasteiger partial charge in [-0.2, -0.15) is 0 Å². The molecule has 1 amide bonds. The molecule has 0 aliphatic carbocycles. The lowest BCUT2D eigenvalue weighted by atomic mass is 10.1. The molecule has 9 nitrogen and oxygen atoms in total. The molecule has 27 heavy (non-hydrogen) atoms. The molecule has 9 heteroatoms. The highest BCUT2D eigenvalue weighted by molar-refractivity contribution is 5.91. The Balaban J connectivity index is 1.49. The summed E-state index contributed by atoms with van der Waals surface area (Å²) in [7, 11) is 0. The molecule has 1 atom stereocenters. The van der Waals surface area contributed by atoms with Gasteiger partial charge in [-0.15, -0.1) is 0 Å². The number of morpholine rings is 1. The Labute approximate surface area is 156 Å². The summed E-state index contributed by atoms with van der Waals surface area (Å²) in [6, 6.07) is 3.23. The second-order valence-corrected chi connectivity index (χ2v) is 6.87. The minimum absolute atomic E-state index is 0.0320. The van der Waals surface area contributed by atoms with E-state index < -0.39 is 0 Å². The summed E-state index contributed by atoms with van der Waals surface area (Å²) >= 11 is 0. The van der Waals surface area contributed by atoms with Gasteiger partial charge in [0.2, 0.25) is 11.7 Å². The van der Waals surface area contributed by atoms with Crippen LogP contribution in [0.15, 0.2) is 21.5 Å². The molecule has 2 aliphatic rings. The van der Waals surface area contributed by atoms with Gasteiger partial charge >= 0.3 is 0 Å². The van der Waals surface area contributed by atoms with Crippen LogP contribution in [0, 0.1) is 0 Å². The van der Waals surface area contributed by atoms with Crippen LogP contribution in [-0.4, -0.2) is 65.3 Å². The number of hydrogen-bond acceptors (Lipinski definition) is 7. The lowest BCUT2D eigenvalue weighted by Crippen LogP contribution is -2.38. The quantitative estimate of drug-likeness (QED) is 0.845. The van der Waals surface area contributed by atoms with E-state index in [0.29, 0.717) is 45.3 Å². The molecule has 2 fully saturated rings. The lowest BCUT2D eigenvalue weighted by Gasteiger charge is -2.27. The van der Waals surface area contributed by atoms with Gasteiger partial charge in [0.05, 0.1) is 24.6 Å². The van der Waals surface area contributed by atoms with Crippen LogP contribution in [0.25, 0.3) is 0 Å². The van der Waals surface area contributed by atoms with Crippen LogP contribution in [-0.2, 0) is 11.2 Å². The van der Waals surface area contributed by atoms with E-state index in [1.807, 2.05) is 11.8 Å². The lowest BCUT2D eigenvalue weighted by molar-refractivity contribution is 0.0749. The monoisotopic (exact) mass is 373 g/mol. The standard InChI is InChI=1S/C18H23N5O4/c1-2-13-9-15(27-21-13)17(25)23-4-3-12(11-23)14-10-16(24)20-18(19-14)22-5-7-26-8-6-22/h9-10,12H,2-8,11H2,1H3,(H,19,20,24)/t12-/m0/s1. The number of carbonyl (C=O) groups excluding carboxylic acids is 1. The normalized spacial score (nSPS) is 20.3. The molecule has 2 aromatic rings. The third kappa shape index (κ3) is 3.73. The van der Waals surface area contributed by atoms with Crippen LogP contribution in [0.2, 0.25) is 0 Å². The van der Waals surface area contributed by atoms with Crippen LogP contribution in [0.4, 0.5) is 5.95 Å². The minimum atomic E-state index is -0.172.